The Hall–Kier alpha value is -1.67. The molecule has 3 unspecified atom stereocenters. The molecule has 2 saturated heterocycles. The van der Waals surface area contributed by atoms with Gasteiger partial charge in [0.1, 0.15) is 0 Å². The predicted molar refractivity (Wildman–Crippen MR) is 73.3 cm³/mol. The number of hydrazine groups is 1. The van der Waals surface area contributed by atoms with Crippen molar-refractivity contribution >= 4 is 11.9 Å². The fraction of sp³-hybridized carbons (Fsp3) is 0.750. The molecule has 20 heavy (non-hydrogen) atoms. The number of nitrogens with one attached hydrogen (secondary N) is 2. The molecule has 1 aromatic rings. The Morgan fingerprint density at radius 2 is 2.05 bits per heavy atom. The summed E-state index contributed by atoms with van der Waals surface area (Å²) in [6, 6.07) is 0.503. The fourth-order valence-corrected chi connectivity index (χ4v) is 2.70. The van der Waals surface area contributed by atoms with Crippen molar-refractivity contribution in [3.63, 3.8) is 0 Å². The van der Waals surface area contributed by atoms with E-state index in [4.69, 9.17) is 15.3 Å². The quantitative estimate of drug-likeness (QED) is 0.534. The smallest absolute Gasteiger partial charge is 0.323 e. The van der Waals surface area contributed by atoms with E-state index in [1.165, 1.54) is 0 Å². The Bertz CT molecular complexity index is 483. The maximum atomic E-state index is 5.80. The number of nitrogens with two attached hydrogens (primary N) is 1. The summed E-state index contributed by atoms with van der Waals surface area (Å²) in [6.45, 7) is 3.83. The van der Waals surface area contributed by atoms with E-state index in [0.717, 1.165) is 19.3 Å². The van der Waals surface area contributed by atoms with E-state index in [1.807, 2.05) is 13.8 Å². The molecular weight excluding hydrogens is 260 g/mol. The molecule has 3 rings (SSSR count). The lowest BCUT2D eigenvalue weighted by Crippen LogP contribution is -2.31. The molecule has 2 fully saturated rings. The number of rotatable bonds is 5. The van der Waals surface area contributed by atoms with E-state index in [1.54, 1.807) is 0 Å². The lowest BCUT2D eigenvalue weighted by molar-refractivity contribution is 0.102. The monoisotopic (exact) mass is 280 g/mol. The number of aromatic nitrogens is 3. The third kappa shape index (κ3) is 2.75. The van der Waals surface area contributed by atoms with Crippen LogP contribution in [0, 0.1) is 0 Å². The number of hydrogen-bond acceptors (Lipinski definition) is 8. The topological polar surface area (TPSA) is 107 Å². The third-order valence-electron chi connectivity index (χ3n) is 3.51. The van der Waals surface area contributed by atoms with Gasteiger partial charge in [0.05, 0.1) is 24.4 Å². The van der Waals surface area contributed by atoms with E-state index in [-0.39, 0.29) is 30.2 Å². The van der Waals surface area contributed by atoms with Crippen LogP contribution >= 0.6 is 0 Å². The second kappa shape index (κ2) is 5.37. The van der Waals surface area contributed by atoms with Crippen molar-refractivity contribution in [2.24, 2.45) is 5.84 Å². The Labute approximate surface area is 117 Å². The Balaban J connectivity index is 1.74. The summed E-state index contributed by atoms with van der Waals surface area (Å²) >= 11 is 0. The normalized spacial score (nSPS) is 27.9. The van der Waals surface area contributed by atoms with Crippen molar-refractivity contribution in [2.45, 2.75) is 57.5 Å². The Morgan fingerprint density at radius 1 is 1.25 bits per heavy atom. The van der Waals surface area contributed by atoms with Crippen LogP contribution in [0.2, 0.25) is 0 Å². The molecule has 8 nitrogen and oxygen atoms in total. The molecule has 0 saturated carbocycles. The van der Waals surface area contributed by atoms with Crippen LogP contribution in [0.5, 0.6) is 6.01 Å². The molecule has 110 valence electrons. The molecule has 0 spiro atoms. The van der Waals surface area contributed by atoms with Crippen molar-refractivity contribution in [1.29, 1.82) is 0 Å². The average Bonchev–Trinajstić information content (AvgIpc) is 2.99. The van der Waals surface area contributed by atoms with Crippen LogP contribution < -0.4 is 21.3 Å². The molecule has 1 aromatic heterocycles. The van der Waals surface area contributed by atoms with Crippen molar-refractivity contribution in [2.75, 3.05) is 10.7 Å². The SMILES string of the molecule is CC(C)Oc1nc(NN)nc(NC2CC3CCC2O3)n1. The second-order valence-electron chi connectivity index (χ2n) is 5.44. The maximum Gasteiger partial charge on any atom is 0.323 e. The van der Waals surface area contributed by atoms with Crippen molar-refractivity contribution in [3.05, 3.63) is 0 Å². The second-order valence-corrected chi connectivity index (χ2v) is 5.44. The van der Waals surface area contributed by atoms with Gasteiger partial charge in [-0.1, -0.05) is 0 Å². The lowest BCUT2D eigenvalue weighted by atomic mass is 9.96. The first-order chi connectivity index (χ1) is 9.64. The minimum Gasteiger partial charge on any atom is -0.461 e. The molecule has 0 radical (unpaired) electrons. The summed E-state index contributed by atoms with van der Waals surface area (Å²) in [5.41, 5.74) is 2.43. The minimum atomic E-state index is -0.0123. The predicted octanol–water partition coefficient (Wildman–Crippen LogP) is 0.676. The number of anilines is 2. The van der Waals surface area contributed by atoms with Crippen LogP contribution in [0.1, 0.15) is 33.1 Å². The summed E-state index contributed by atoms with van der Waals surface area (Å²) in [5.74, 6) is 6.12. The van der Waals surface area contributed by atoms with Gasteiger partial charge in [0.2, 0.25) is 11.9 Å². The van der Waals surface area contributed by atoms with Crippen molar-refractivity contribution in [3.8, 4) is 6.01 Å². The first kappa shape index (κ1) is 13.3. The highest BCUT2D eigenvalue weighted by Gasteiger charge is 2.41. The van der Waals surface area contributed by atoms with Gasteiger partial charge in [-0.15, -0.1) is 0 Å². The summed E-state index contributed by atoms with van der Waals surface area (Å²) in [6.07, 6.45) is 3.84. The standard InChI is InChI=1S/C12H20N6O2/c1-6(2)19-12-16-10(15-11(17-12)18-13)14-8-5-7-3-4-9(8)20-7/h6-9H,3-5,13H2,1-2H3,(H2,14,15,16,17,18). The van der Waals surface area contributed by atoms with Crippen molar-refractivity contribution < 1.29 is 9.47 Å². The number of ether oxygens (including phenoxy) is 2. The van der Waals surface area contributed by atoms with Gasteiger partial charge in [-0.3, -0.25) is 5.43 Å². The van der Waals surface area contributed by atoms with E-state index < -0.39 is 0 Å². The summed E-state index contributed by atoms with van der Waals surface area (Å²) in [5, 5.41) is 3.30. The zero-order chi connectivity index (χ0) is 14.1. The van der Waals surface area contributed by atoms with Crippen LogP contribution in [-0.4, -0.2) is 39.3 Å². The molecule has 3 heterocycles. The number of nitrogen functional groups attached to an aromatic ring is 1. The molecular formula is C12H20N6O2. The number of hydrogen-bond donors (Lipinski definition) is 3. The summed E-state index contributed by atoms with van der Waals surface area (Å²) in [4.78, 5) is 12.5. The molecule has 8 heteroatoms. The summed E-state index contributed by atoms with van der Waals surface area (Å²) in [7, 11) is 0. The molecule has 2 bridgehead atoms. The van der Waals surface area contributed by atoms with Gasteiger partial charge in [0, 0.05) is 0 Å². The van der Waals surface area contributed by atoms with E-state index in [9.17, 15) is 0 Å². The molecule has 3 atom stereocenters. The minimum absolute atomic E-state index is 0.0123. The fourth-order valence-electron chi connectivity index (χ4n) is 2.70. The van der Waals surface area contributed by atoms with Gasteiger partial charge in [-0.25, -0.2) is 5.84 Å². The van der Waals surface area contributed by atoms with Crippen LogP contribution in [0.15, 0.2) is 0 Å². The highest BCUT2D eigenvalue weighted by Crippen LogP contribution is 2.35. The van der Waals surface area contributed by atoms with E-state index >= 15 is 0 Å². The molecule has 4 N–H and O–H groups in total. The van der Waals surface area contributed by atoms with Gasteiger partial charge in [0.15, 0.2) is 0 Å². The van der Waals surface area contributed by atoms with Crippen LogP contribution in [0.4, 0.5) is 11.9 Å². The zero-order valence-electron chi connectivity index (χ0n) is 11.7. The zero-order valence-corrected chi connectivity index (χ0v) is 11.7. The third-order valence-corrected chi connectivity index (χ3v) is 3.51. The Morgan fingerprint density at radius 3 is 2.65 bits per heavy atom. The van der Waals surface area contributed by atoms with Crippen LogP contribution in [0.25, 0.3) is 0 Å². The largest absolute Gasteiger partial charge is 0.461 e. The van der Waals surface area contributed by atoms with Gasteiger partial charge in [0.25, 0.3) is 0 Å². The van der Waals surface area contributed by atoms with E-state index in [2.05, 4.69) is 25.7 Å². The molecule has 0 amide bonds. The number of fused-ring (bicyclic) bond motifs is 2. The van der Waals surface area contributed by atoms with Crippen LogP contribution in [-0.2, 0) is 4.74 Å². The Kier molecular flexibility index (Phi) is 3.58. The highest BCUT2D eigenvalue weighted by atomic mass is 16.5. The van der Waals surface area contributed by atoms with Gasteiger partial charge >= 0.3 is 6.01 Å². The van der Waals surface area contributed by atoms with Crippen molar-refractivity contribution in [1.82, 2.24) is 15.0 Å². The molecule has 0 aliphatic carbocycles. The average molecular weight is 280 g/mol. The number of nitrogens with zero attached hydrogens (tertiary/aromatic N) is 3. The molecule has 0 aromatic carbocycles. The van der Waals surface area contributed by atoms with Gasteiger partial charge in [-0.05, 0) is 33.1 Å². The highest BCUT2D eigenvalue weighted by molar-refractivity contribution is 5.36. The van der Waals surface area contributed by atoms with Crippen LogP contribution in [0.3, 0.4) is 0 Å². The first-order valence-corrected chi connectivity index (χ1v) is 6.95. The molecule has 2 aliphatic rings. The first-order valence-electron chi connectivity index (χ1n) is 6.95. The summed E-state index contributed by atoms with van der Waals surface area (Å²) < 4.78 is 11.3. The lowest BCUT2D eigenvalue weighted by Gasteiger charge is -2.20. The van der Waals surface area contributed by atoms with E-state index in [0.29, 0.717) is 12.1 Å². The van der Waals surface area contributed by atoms with Gasteiger partial charge in [-0.2, -0.15) is 15.0 Å². The maximum absolute atomic E-state index is 5.80. The molecule has 2 aliphatic heterocycles. The van der Waals surface area contributed by atoms with Gasteiger partial charge < -0.3 is 14.8 Å².